The van der Waals surface area contributed by atoms with Crippen molar-refractivity contribution in [2.24, 2.45) is 0 Å². The molecular weight excluding hydrogens is 529 g/mol. The minimum absolute atomic E-state index is 0.428. The summed E-state index contributed by atoms with van der Waals surface area (Å²) < 4.78 is 2.06. The van der Waals surface area contributed by atoms with Crippen molar-refractivity contribution in [1.82, 2.24) is 15.0 Å². The van der Waals surface area contributed by atoms with Gasteiger partial charge in [0.15, 0.2) is 11.5 Å². The van der Waals surface area contributed by atoms with Crippen molar-refractivity contribution in [2.75, 3.05) is 24.7 Å². The van der Waals surface area contributed by atoms with Crippen LogP contribution in [0.25, 0.3) is 33.7 Å². The molecule has 0 atom stereocenters. The highest BCUT2D eigenvalue weighted by atomic mass is 127. The summed E-state index contributed by atoms with van der Waals surface area (Å²) in [5.41, 5.74) is 10.7. The molecule has 2 heterocycles. The maximum Gasteiger partial charge on any atom is 0.165 e. The zero-order valence-electron chi connectivity index (χ0n) is 15.3. The van der Waals surface area contributed by atoms with Gasteiger partial charge in [0.25, 0.3) is 0 Å². The highest BCUT2D eigenvalue weighted by molar-refractivity contribution is 14.1. The Balaban J connectivity index is 1.82. The molecule has 2 N–H and O–H groups in total. The van der Waals surface area contributed by atoms with Crippen LogP contribution in [0.4, 0.5) is 11.5 Å². The average Bonchev–Trinajstić information content (AvgIpc) is 2.67. The van der Waals surface area contributed by atoms with E-state index in [0.717, 1.165) is 35.9 Å². The van der Waals surface area contributed by atoms with Gasteiger partial charge in [0.1, 0.15) is 5.82 Å². The number of fused-ring (bicyclic) bond motifs is 1. The molecule has 0 amide bonds. The van der Waals surface area contributed by atoms with Crippen LogP contribution in [0.1, 0.15) is 0 Å². The largest absolute Gasteiger partial charge is 0.383 e. The molecule has 0 radical (unpaired) electrons. The van der Waals surface area contributed by atoms with Crippen LogP contribution in [0, 0.1) is 3.57 Å². The zero-order valence-corrected chi connectivity index (χ0v) is 19.1. The van der Waals surface area contributed by atoms with Gasteiger partial charge < -0.3 is 10.6 Å². The van der Waals surface area contributed by atoms with Crippen molar-refractivity contribution < 1.29 is 0 Å². The number of rotatable bonds is 3. The topological polar surface area (TPSA) is 67.9 Å². The number of halogens is 2. The highest BCUT2D eigenvalue weighted by Crippen LogP contribution is 2.28. The summed E-state index contributed by atoms with van der Waals surface area (Å²) in [5, 5.41) is 0.752. The van der Waals surface area contributed by atoms with Gasteiger partial charge in [-0.1, -0.05) is 28.1 Å². The third kappa shape index (κ3) is 3.81. The first-order valence-corrected chi connectivity index (χ1v) is 10.5. The normalized spacial score (nSPS) is 11.0. The van der Waals surface area contributed by atoms with Crippen molar-refractivity contribution in [3.8, 4) is 22.6 Å². The summed E-state index contributed by atoms with van der Waals surface area (Å²) in [6.45, 7) is 0. The number of hydrogen-bond donors (Lipinski definition) is 1. The van der Waals surface area contributed by atoms with Gasteiger partial charge in [0.2, 0.25) is 0 Å². The first kappa shape index (κ1) is 19.1. The van der Waals surface area contributed by atoms with E-state index in [1.807, 2.05) is 44.4 Å². The van der Waals surface area contributed by atoms with Crippen LogP contribution in [0.5, 0.6) is 0 Å². The van der Waals surface area contributed by atoms with E-state index in [9.17, 15) is 0 Å². The van der Waals surface area contributed by atoms with Gasteiger partial charge in [-0.3, -0.25) is 0 Å². The van der Waals surface area contributed by atoms with E-state index < -0.39 is 0 Å². The summed E-state index contributed by atoms with van der Waals surface area (Å²) >= 11 is 5.79. The van der Waals surface area contributed by atoms with E-state index in [4.69, 9.17) is 10.7 Å². The molecule has 0 saturated heterocycles. The number of aromatic nitrogens is 3. The highest BCUT2D eigenvalue weighted by Gasteiger charge is 2.11. The average molecular weight is 546 g/mol. The Morgan fingerprint density at radius 1 is 0.893 bits per heavy atom. The van der Waals surface area contributed by atoms with Gasteiger partial charge in [0.05, 0.1) is 11.1 Å². The molecule has 0 saturated carbocycles. The second-order valence-electron chi connectivity index (χ2n) is 6.60. The molecule has 7 heteroatoms. The second kappa shape index (κ2) is 7.63. The molecule has 4 aromatic rings. The number of pyridine rings is 1. The maximum absolute atomic E-state index is 6.20. The third-order valence-electron chi connectivity index (χ3n) is 4.39. The van der Waals surface area contributed by atoms with Crippen molar-refractivity contribution >= 4 is 61.1 Å². The Morgan fingerprint density at radius 2 is 1.64 bits per heavy atom. The number of hydrogen-bond acceptors (Lipinski definition) is 5. The molecule has 0 aliphatic heterocycles. The predicted molar refractivity (Wildman–Crippen MR) is 127 cm³/mol. The Morgan fingerprint density at radius 3 is 2.32 bits per heavy atom. The summed E-state index contributed by atoms with van der Waals surface area (Å²) in [6, 6.07) is 18.2. The first-order valence-electron chi connectivity index (χ1n) is 8.59. The van der Waals surface area contributed by atoms with Crippen LogP contribution in [0.15, 0.2) is 59.1 Å². The lowest BCUT2D eigenvalue weighted by atomic mass is 10.1. The Bertz CT molecular complexity index is 1160. The smallest absolute Gasteiger partial charge is 0.165 e. The summed E-state index contributed by atoms with van der Waals surface area (Å²) in [4.78, 5) is 16.0. The van der Waals surface area contributed by atoms with E-state index in [0.29, 0.717) is 17.3 Å². The molecule has 0 fully saturated rings. The van der Waals surface area contributed by atoms with Crippen molar-refractivity contribution in [1.29, 1.82) is 0 Å². The first-order chi connectivity index (χ1) is 13.4. The molecule has 0 bridgehead atoms. The zero-order chi connectivity index (χ0) is 19.8. The third-order valence-corrected chi connectivity index (χ3v) is 5.47. The summed E-state index contributed by atoms with van der Waals surface area (Å²) in [7, 11) is 4.04. The number of anilines is 2. The van der Waals surface area contributed by atoms with Crippen molar-refractivity contribution in [2.45, 2.75) is 0 Å². The van der Waals surface area contributed by atoms with Crippen LogP contribution in [-0.2, 0) is 0 Å². The Labute approximate surface area is 185 Å². The quantitative estimate of drug-likeness (QED) is 0.350. The van der Waals surface area contributed by atoms with Gasteiger partial charge in [-0.25, -0.2) is 15.0 Å². The lowest BCUT2D eigenvalue weighted by Gasteiger charge is -2.12. The summed E-state index contributed by atoms with van der Waals surface area (Å²) in [6.07, 6.45) is 0. The molecule has 5 nitrogen and oxygen atoms in total. The van der Waals surface area contributed by atoms with Crippen LogP contribution in [0.3, 0.4) is 0 Å². The fourth-order valence-corrected chi connectivity index (χ4v) is 4.53. The molecule has 4 rings (SSSR count). The molecular formula is C21H17BrIN5. The second-order valence-corrected chi connectivity index (χ2v) is 8.76. The Kier molecular flexibility index (Phi) is 5.20. The van der Waals surface area contributed by atoms with Crippen molar-refractivity contribution in [3.63, 3.8) is 0 Å². The fourth-order valence-electron chi connectivity index (χ4n) is 2.94. The van der Waals surface area contributed by atoms with E-state index in [1.165, 1.54) is 0 Å². The van der Waals surface area contributed by atoms with Gasteiger partial charge in [-0.05, 0) is 65.1 Å². The summed E-state index contributed by atoms with van der Waals surface area (Å²) in [5.74, 6) is 0.994. The minimum atomic E-state index is 0.428. The van der Waals surface area contributed by atoms with E-state index >= 15 is 0 Å². The van der Waals surface area contributed by atoms with E-state index in [-0.39, 0.29) is 0 Å². The Hall–Kier alpha value is -2.26. The molecule has 0 aliphatic rings. The number of nitrogen functional groups attached to an aromatic ring is 1. The molecule has 28 heavy (non-hydrogen) atoms. The molecule has 2 aromatic heterocycles. The van der Waals surface area contributed by atoms with E-state index in [2.05, 4.69) is 77.7 Å². The van der Waals surface area contributed by atoms with Gasteiger partial charge in [0, 0.05) is 39.0 Å². The molecule has 0 unspecified atom stereocenters. The number of benzene rings is 2. The fraction of sp³-hybridized carbons (Fsp3) is 0.0952. The monoisotopic (exact) mass is 545 g/mol. The van der Waals surface area contributed by atoms with Gasteiger partial charge in [-0.15, -0.1) is 0 Å². The number of nitrogens with zero attached hydrogens (tertiary/aromatic N) is 4. The molecule has 0 spiro atoms. The van der Waals surface area contributed by atoms with E-state index in [1.54, 1.807) is 0 Å². The van der Waals surface area contributed by atoms with Crippen LogP contribution < -0.4 is 10.6 Å². The molecule has 0 aliphatic carbocycles. The SMILES string of the molecule is CN(C)c1ccc(-c2ccc3c(N)nc(-c4cc(Br)cc(I)c4)nc3n2)cc1. The predicted octanol–water partition coefficient (Wildman–Crippen LogP) is 5.37. The minimum Gasteiger partial charge on any atom is -0.383 e. The maximum atomic E-state index is 6.20. The van der Waals surface area contributed by atoms with Crippen LogP contribution in [0.2, 0.25) is 0 Å². The number of nitrogens with two attached hydrogens (primary N) is 1. The van der Waals surface area contributed by atoms with Crippen LogP contribution >= 0.6 is 38.5 Å². The standard InChI is InChI=1S/C21H17BrIN5/c1-28(2)16-5-3-12(4-6-16)18-8-7-17-19(24)26-20(27-21(17)25-18)13-9-14(22)11-15(23)10-13/h3-11H,1-2H3,(H2,24,25,26,27). The molecule has 140 valence electrons. The van der Waals surface area contributed by atoms with Gasteiger partial charge in [-0.2, -0.15) is 0 Å². The lowest BCUT2D eigenvalue weighted by molar-refractivity contribution is 1.13. The van der Waals surface area contributed by atoms with Crippen molar-refractivity contribution in [3.05, 3.63) is 62.6 Å². The van der Waals surface area contributed by atoms with Gasteiger partial charge >= 0.3 is 0 Å². The van der Waals surface area contributed by atoms with Crippen LogP contribution in [-0.4, -0.2) is 29.0 Å². The lowest BCUT2D eigenvalue weighted by Crippen LogP contribution is -2.07. The molecule has 2 aromatic carbocycles.